The van der Waals surface area contributed by atoms with Crippen molar-refractivity contribution in [3.63, 3.8) is 0 Å². The number of amides is 1. The molecule has 1 fully saturated rings. The lowest BCUT2D eigenvalue weighted by Crippen LogP contribution is -2.37. The molecular weight excluding hydrogens is 326 g/mol. The van der Waals surface area contributed by atoms with E-state index in [1.165, 1.54) is 10.4 Å². The Morgan fingerprint density at radius 2 is 1.92 bits per heavy atom. The highest BCUT2D eigenvalue weighted by Gasteiger charge is 2.28. The zero-order valence-corrected chi connectivity index (χ0v) is 15.4. The topological polar surface area (TPSA) is 78.5 Å². The van der Waals surface area contributed by atoms with E-state index in [1.807, 2.05) is 14.0 Å². The van der Waals surface area contributed by atoms with Crippen molar-refractivity contribution in [3.05, 3.63) is 29.3 Å². The summed E-state index contributed by atoms with van der Waals surface area (Å²) >= 11 is 0. The highest BCUT2D eigenvalue weighted by atomic mass is 32.2. The number of carbonyl (C=O) groups excluding carboxylic acids is 1. The van der Waals surface area contributed by atoms with Crippen LogP contribution in [0.15, 0.2) is 23.1 Å². The van der Waals surface area contributed by atoms with E-state index in [-0.39, 0.29) is 16.8 Å². The molecule has 2 rings (SSSR count). The van der Waals surface area contributed by atoms with Crippen LogP contribution in [0.4, 0.5) is 0 Å². The standard InChI is InChI=1S/C17H27N3O3S/c1-13-7-8-15(17(21)19-12-14(2)18-3)11-16(13)24(22,23)20-9-5-4-6-10-20/h7-8,11,14,18H,4-6,9-10,12H2,1-3H3,(H,19,21). The Morgan fingerprint density at radius 3 is 2.54 bits per heavy atom. The largest absolute Gasteiger partial charge is 0.350 e. The van der Waals surface area contributed by atoms with Crippen molar-refractivity contribution in [2.45, 2.75) is 44.0 Å². The van der Waals surface area contributed by atoms with Gasteiger partial charge in [0.05, 0.1) is 4.90 Å². The summed E-state index contributed by atoms with van der Waals surface area (Å²) in [6, 6.07) is 5.02. The number of nitrogens with one attached hydrogen (secondary N) is 2. The first-order chi connectivity index (χ1) is 11.4. The molecule has 0 radical (unpaired) electrons. The monoisotopic (exact) mass is 353 g/mol. The third-order valence-corrected chi connectivity index (χ3v) is 6.49. The summed E-state index contributed by atoms with van der Waals surface area (Å²) in [4.78, 5) is 12.5. The maximum atomic E-state index is 12.9. The highest BCUT2D eigenvalue weighted by molar-refractivity contribution is 7.89. The smallest absolute Gasteiger partial charge is 0.251 e. The van der Waals surface area contributed by atoms with Gasteiger partial charge >= 0.3 is 0 Å². The van der Waals surface area contributed by atoms with Gasteiger partial charge in [-0.1, -0.05) is 12.5 Å². The van der Waals surface area contributed by atoms with E-state index in [0.29, 0.717) is 30.8 Å². The van der Waals surface area contributed by atoms with Crippen molar-refractivity contribution in [2.75, 3.05) is 26.7 Å². The molecule has 0 aromatic heterocycles. The molecule has 1 amide bonds. The molecule has 1 saturated heterocycles. The number of sulfonamides is 1. The van der Waals surface area contributed by atoms with Gasteiger partial charge in [-0.2, -0.15) is 4.31 Å². The van der Waals surface area contributed by atoms with Crippen LogP contribution >= 0.6 is 0 Å². The quantitative estimate of drug-likeness (QED) is 0.812. The summed E-state index contributed by atoms with van der Waals surface area (Å²) in [5, 5.41) is 5.86. The molecule has 1 aromatic rings. The predicted molar refractivity (Wildman–Crippen MR) is 94.6 cm³/mol. The minimum atomic E-state index is -3.54. The third kappa shape index (κ3) is 4.34. The number of aryl methyl sites for hydroxylation is 1. The summed E-state index contributed by atoms with van der Waals surface area (Å²) in [5.74, 6) is -0.257. The van der Waals surface area contributed by atoms with E-state index in [0.717, 1.165) is 19.3 Å². The van der Waals surface area contributed by atoms with Crippen LogP contribution in [0.1, 0.15) is 42.1 Å². The lowest BCUT2D eigenvalue weighted by atomic mass is 10.1. The van der Waals surface area contributed by atoms with Crippen LogP contribution in [0.5, 0.6) is 0 Å². The average molecular weight is 353 g/mol. The second kappa shape index (κ2) is 8.09. The lowest BCUT2D eigenvalue weighted by Gasteiger charge is -2.26. The molecule has 6 nitrogen and oxygen atoms in total. The molecule has 2 N–H and O–H groups in total. The van der Waals surface area contributed by atoms with Crippen LogP contribution in [-0.4, -0.2) is 51.4 Å². The number of rotatable bonds is 6. The molecule has 1 aliphatic rings. The van der Waals surface area contributed by atoms with Crippen molar-refractivity contribution < 1.29 is 13.2 Å². The Bertz CT molecular complexity index is 682. The normalized spacial score (nSPS) is 17.5. The Kier molecular flexibility index (Phi) is 6.37. The first-order valence-corrected chi connectivity index (χ1v) is 9.86. The number of piperidine rings is 1. The fourth-order valence-corrected chi connectivity index (χ4v) is 4.48. The van der Waals surface area contributed by atoms with Gasteiger partial charge in [-0.05, 0) is 51.4 Å². The summed E-state index contributed by atoms with van der Waals surface area (Å²) in [6.45, 7) is 5.32. The summed E-state index contributed by atoms with van der Waals surface area (Å²) < 4.78 is 27.3. The molecule has 24 heavy (non-hydrogen) atoms. The predicted octanol–water partition coefficient (Wildman–Crippen LogP) is 1.51. The molecule has 0 saturated carbocycles. The molecule has 134 valence electrons. The second-order valence-corrected chi connectivity index (χ2v) is 8.25. The van der Waals surface area contributed by atoms with Crippen LogP contribution in [0.2, 0.25) is 0 Å². The van der Waals surface area contributed by atoms with Crippen molar-refractivity contribution in [1.29, 1.82) is 0 Å². The summed E-state index contributed by atoms with van der Waals surface area (Å²) in [6.07, 6.45) is 2.85. The zero-order chi connectivity index (χ0) is 17.7. The van der Waals surface area contributed by atoms with Gasteiger partial charge < -0.3 is 10.6 Å². The molecule has 0 spiro atoms. The Balaban J connectivity index is 2.23. The van der Waals surface area contributed by atoms with Crippen LogP contribution in [0, 0.1) is 6.92 Å². The fourth-order valence-electron chi connectivity index (χ4n) is 2.71. The van der Waals surface area contributed by atoms with Gasteiger partial charge in [0.25, 0.3) is 5.91 Å². The average Bonchev–Trinajstić information content (AvgIpc) is 2.60. The van der Waals surface area contributed by atoms with Crippen LogP contribution < -0.4 is 10.6 Å². The molecular formula is C17H27N3O3S. The Hall–Kier alpha value is -1.44. The van der Waals surface area contributed by atoms with E-state index < -0.39 is 10.0 Å². The third-order valence-electron chi connectivity index (χ3n) is 4.44. The fraction of sp³-hybridized carbons (Fsp3) is 0.588. The number of nitrogens with zero attached hydrogens (tertiary/aromatic N) is 1. The number of carbonyl (C=O) groups is 1. The van der Waals surface area contributed by atoms with Gasteiger partial charge in [-0.3, -0.25) is 4.79 Å². The van der Waals surface area contributed by atoms with Gasteiger partial charge in [-0.15, -0.1) is 0 Å². The van der Waals surface area contributed by atoms with E-state index >= 15 is 0 Å². The molecule has 1 heterocycles. The number of hydrogen-bond acceptors (Lipinski definition) is 4. The van der Waals surface area contributed by atoms with Crippen LogP contribution in [-0.2, 0) is 10.0 Å². The van der Waals surface area contributed by atoms with Gasteiger partial charge in [0.1, 0.15) is 0 Å². The van der Waals surface area contributed by atoms with E-state index in [1.54, 1.807) is 19.1 Å². The molecule has 1 aliphatic heterocycles. The van der Waals surface area contributed by atoms with Crippen LogP contribution in [0.3, 0.4) is 0 Å². The maximum absolute atomic E-state index is 12.9. The SMILES string of the molecule is CNC(C)CNC(=O)c1ccc(C)c(S(=O)(=O)N2CCCCC2)c1. The van der Waals surface area contributed by atoms with Gasteiger partial charge in [0, 0.05) is 31.2 Å². The summed E-state index contributed by atoms with van der Waals surface area (Å²) in [5.41, 5.74) is 1.04. The first kappa shape index (κ1) is 18.9. The van der Waals surface area contributed by atoms with Crippen molar-refractivity contribution in [2.24, 2.45) is 0 Å². The number of hydrogen-bond donors (Lipinski definition) is 2. The Morgan fingerprint density at radius 1 is 1.25 bits per heavy atom. The minimum Gasteiger partial charge on any atom is -0.350 e. The van der Waals surface area contributed by atoms with E-state index in [9.17, 15) is 13.2 Å². The first-order valence-electron chi connectivity index (χ1n) is 8.42. The molecule has 1 unspecified atom stereocenters. The maximum Gasteiger partial charge on any atom is 0.251 e. The molecule has 1 aromatic carbocycles. The minimum absolute atomic E-state index is 0.149. The molecule has 0 bridgehead atoms. The van der Waals surface area contributed by atoms with Gasteiger partial charge in [0.15, 0.2) is 0 Å². The highest BCUT2D eigenvalue weighted by Crippen LogP contribution is 2.24. The van der Waals surface area contributed by atoms with Crippen molar-refractivity contribution >= 4 is 15.9 Å². The molecule has 1 atom stereocenters. The van der Waals surface area contributed by atoms with E-state index in [4.69, 9.17) is 0 Å². The van der Waals surface area contributed by atoms with Crippen molar-refractivity contribution in [3.8, 4) is 0 Å². The number of likely N-dealkylation sites (N-methyl/N-ethyl adjacent to an activating group) is 1. The van der Waals surface area contributed by atoms with Gasteiger partial charge in [-0.25, -0.2) is 8.42 Å². The second-order valence-electron chi connectivity index (χ2n) is 6.34. The van der Waals surface area contributed by atoms with Crippen molar-refractivity contribution in [1.82, 2.24) is 14.9 Å². The van der Waals surface area contributed by atoms with Gasteiger partial charge in [0.2, 0.25) is 10.0 Å². The zero-order valence-electron chi connectivity index (χ0n) is 14.6. The van der Waals surface area contributed by atoms with E-state index in [2.05, 4.69) is 10.6 Å². The molecule has 0 aliphatic carbocycles. The summed E-state index contributed by atoms with van der Waals surface area (Å²) in [7, 11) is -1.72. The Labute approximate surface area is 144 Å². The number of benzene rings is 1. The van der Waals surface area contributed by atoms with Crippen LogP contribution in [0.25, 0.3) is 0 Å². The lowest BCUT2D eigenvalue weighted by molar-refractivity contribution is 0.0950. The molecule has 7 heteroatoms.